The maximum Gasteiger partial charge on any atom is 0.326 e. The van der Waals surface area contributed by atoms with Crippen molar-refractivity contribution in [1.29, 1.82) is 0 Å². The van der Waals surface area contributed by atoms with Gasteiger partial charge in [-0.05, 0) is 31.3 Å². The van der Waals surface area contributed by atoms with E-state index in [-0.39, 0.29) is 31.1 Å². The van der Waals surface area contributed by atoms with E-state index in [1.54, 1.807) is 0 Å². The molecule has 150 valence electrons. The van der Waals surface area contributed by atoms with Gasteiger partial charge < -0.3 is 32.9 Å². The third kappa shape index (κ3) is 10.4. The molecule has 0 aromatic carbocycles. The highest BCUT2D eigenvalue weighted by molar-refractivity contribution is 7.98. The number of carbonyl (C=O) groups is 3. The molecule has 26 heavy (non-hydrogen) atoms. The molecule has 0 rings (SSSR count). The van der Waals surface area contributed by atoms with E-state index in [1.165, 1.54) is 11.8 Å². The van der Waals surface area contributed by atoms with Crippen molar-refractivity contribution in [2.75, 3.05) is 24.3 Å². The molecule has 9 N–H and O–H groups in total. The summed E-state index contributed by atoms with van der Waals surface area (Å²) in [7, 11) is 0. The number of thioether (sulfide) groups is 1. The van der Waals surface area contributed by atoms with Gasteiger partial charge in [0.25, 0.3) is 0 Å². The number of hydrogen-bond donors (Lipinski definition) is 7. The molecule has 10 nitrogen and oxygen atoms in total. The van der Waals surface area contributed by atoms with Crippen molar-refractivity contribution >= 4 is 48.1 Å². The standard InChI is InChI=1S/C14H28N6O4S2/c1-26-6-4-10(13(23)24)20-12(22)9(3-2-5-18-14(16)17)19-11(21)8(15)7-25/h8-10,25H,2-7,15H2,1H3,(H,19,21)(H,20,22)(H,23,24)(H4,16,17,18)/t8-,9-,10-/m0/s1. The average Bonchev–Trinajstić information content (AvgIpc) is 2.59. The number of carboxylic acids is 1. The van der Waals surface area contributed by atoms with Crippen molar-refractivity contribution in [3.05, 3.63) is 0 Å². The first-order valence-electron chi connectivity index (χ1n) is 7.97. The van der Waals surface area contributed by atoms with Gasteiger partial charge in [0.1, 0.15) is 12.1 Å². The van der Waals surface area contributed by atoms with Crippen LogP contribution in [0.15, 0.2) is 4.99 Å². The summed E-state index contributed by atoms with van der Waals surface area (Å²) < 4.78 is 0. The average molecular weight is 409 g/mol. The molecule has 0 saturated heterocycles. The van der Waals surface area contributed by atoms with Crippen LogP contribution < -0.4 is 27.8 Å². The molecule has 0 aliphatic heterocycles. The third-order valence-electron chi connectivity index (χ3n) is 3.34. The first kappa shape index (κ1) is 24.3. The van der Waals surface area contributed by atoms with Crippen molar-refractivity contribution in [2.24, 2.45) is 22.2 Å². The fourth-order valence-electron chi connectivity index (χ4n) is 1.90. The molecule has 0 aliphatic rings. The Labute approximate surface area is 162 Å². The van der Waals surface area contributed by atoms with Crippen LogP contribution in [0.3, 0.4) is 0 Å². The maximum absolute atomic E-state index is 12.5. The van der Waals surface area contributed by atoms with E-state index in [9.17, 15) is 19.5 Å². The number of guanidine groups is 1. The van der Waals surface area contributed by atoms with Gasteiger partial charge in [0.2, 0.25) is 11.8 Å². The summed E-state index contributed by atoms with van der Waals surface area (Å²) in [6.45, 7) is 0.273. The van der Waals surface area contributed by atoms with Gasteiger partial charge in [-0.15, -0.1) is 0 Å². The van der Waals surface area contributed by atoms with E-state index in [4.69, 9.17) is 17.2 Å². The molecule has 0 aromatic heterocycles. The molecule has 3 atom stereocenters. The number of nitrogens with one attached hydrogen (secondary N) is 2. The number of carbonyl (C=O) groups excluding carboxylic acids is 2. The van der Waals surface area contributed by atoms with Gasteiger partial charge in [-0.3, -0.25) is 14.6 Å². The highest BCUT2D eigenvalue weighted by Gasteiger charge is 2.27. The Kier molecular flexibility index (Phi) is 12.7. The fraction of sp³-hybridized carbons (Fsp3) is 0.714. The second kappa shape index (κ2) is 13.5. The Morgan fingerprint density at radius 1 is 1.15 bits per heavy atom. The summed E-state index contributed by atoms with van der Waals surface area (Å²) in [5, 5.41) is 14.2. The van der Waals surface area contributed by atoms with Gasteiger partial charge in [-0.1, -0.05) is 0 Å². The molecular weight excluding hydrogens is 380 g/mol. The normalized spacial score (nSPS) is 14.0. The number of nitrogens with zero attached hydrogens (tertiary/aromatic N) is 1. The number of hydrogen-bond acceptors (Lipinski definition) is 7. The van der Waals surface area contributed by atoms with Crippen LogP contribution in [0.5, 0.6) is 0 Å². The number of aliphatic carboxylic acids is 1. The Morgan fingerprint density at radius 2 is 1.77 bits per heavy atom. The van der Waals surface area contributed by atoms with Crippen molar-refractivity contribution < 1.29 is 19.5 Å². The van der Waals surface area contributed by atoms with E-state index < -0.39 is 35.9 Å². The zero-order valence-corrected chi connectivity index (χ0v) is 16.4. The predicted molar refractivity (Wildman–Crippen MR) is 106 cm³/mol. The van der Waals surface area contributed by atoms with Crippen molar-refractivity contribution in [2.45, 2.75) is 37.4 Å². The smallest absolute Gasteiger partial charge is 0.326 e. The monoisotopic (exact) mass is 408 g/mol. The molecule has 0 fully saturated rings. The highest BCUT2D eigenvalue weighted by atomic mass is 32.2. The van der Waals surface area contributed by atoms with Gasteiger partial charge in [-0.2, -0.15) is 24.4 Å². The van der Waals surface area contributed by atoms with Crippen LogP contribution >= 0.6 is 24.4 Å². The van der Waals surface area contributed by atoms with Gasteiger partial charge >= 0.3 is 5.97 Å². The minimum Gasteiger partial charge on any atom is -0.480 e. The summed E-state index contributed by atoms with van der Waals surface area (Å²) in [5.74, 6) is -1.66. The minimum absolute atomic E-state index is 0.0739. The molecular formula is C14H28N6O4S2. The molecule has 0 aromatic rings. The molecule has 2 amide bonds. The number of carboxylic acid groups (broad SMARTS) is 1. The van der Waals surface area contributed by atoms with Crippen LogP contribution in [0, 0.1) is 0 Å². The van der Waals surface area contributed by atoms with Crippen LogP contribution in [0.1, 0.15) is 19.3 Å². The Balaban J connectivity index is 4.96. The zero-order chi connectivity index (χ0) is 20.1. The highest BCUT2D eigenvalue weighted by Crippen LogP contribution is 2.04. The second-order valence-electron chi connectivity index (χ2n) is 5.48. The third-order valence-corrected chi connectivity index (χ3v) is 4.37. The lowest BCUT2D eigenvalue weighted by Crippen LogP contribution is -2.54. The quantitative estimate of drug-likeness (QED) is 0.0797. The second-order valence-corrected chi connectivity index (χ2v) is 6.83. The summed E-state index contributed by atoms with van der Waals surface area (Å²) in [6.07, 6.45) is 2.75. The van der Waals surface area contributed by atoms with Crippen LogP contribution in [0.2, 0.25) is 0 Å². The maximum atomic E-state index is 12.5. The van der Waals surface area contributed by atoms with Crippen LogP contribution in [0.25, 0.3) is 0 Å². The number of aliphatic imine (C=N–C) groups is 1. The van der Waals surface area contributed by atoms with Gasteiger partial charge in [-0.25, -0.2) is 4.79 Å². The first-order valence-corrected chi connectivity index (χ1v) is 9.99. The fourth-order valence-corrected chi connectivity index (χ4v) is 2.54. The van der Waals surface area contributed by atoms with Crippen molar-refractivity contribution in [3.8, 4) is 0 Å². The number of thiol groups is 1. The predicted octanol–water partition coefficient (Wildman–Crippen LogP) is -1.90. The summed E-state index contributed by atoms with van der Waals surface area (Å²) in [4.78, 5) is 39.5. The molecule has 12 heteroatoms. The number of rotatable bonds is 13. The Hall–Kier alpha value is -1.66. The molecule has 0 saturated carbocycles. The molecule has 0 spiro atoms. The van der Waals surface area contributed by atoms with Crippen LogP contribution in [0.4, 0.5) is 0 Å². The topological polar surface area (TPSA) is 186 Å². The molecule has 0 radical (unpaired) electrons. The van der Waals surface area contributed by atoms with E-state index in [0.717, 1.165) is 0 Å². The lowest BCUT2D eigenvalue weighted by atomic mass is 10.1. The molecule has 0 bridgehead atoms. The Bertz CT molecular complexity index is 502. The van der Waals surface area contributed by atoms with Crippen LogP contribution in [-0.2, 0) is 14.4 Å². The first-order chi connectivity index (χ1) is 12.2. The van der Waals surface area contributed by atoms with Crippen molar-refractivity contribution in [3.63, 3.8) is 0 Å². The van der Waals surface area contributed by atoms with Crippen LogP contribution in [-0.4, -0.2) is 71.3 Å². The zero-order valence-electron chi connectivity index (χ0n) is 14.7. The summed E-state index contributed by atoms with van der Waals surface area (Å²) >= 11 is 5.42. The van der Waals surface area contributed by atoms with Gasteiger partial charge in [0.05, 0.1) is 6.04 Å². The SMILES string of the molecule is CSCC[C@H](NC(=O)[C@H](CCCN=C(N)N)NC(=O)[C@@H](N)CS)C(=O)O. The lowest BCUT2D eigenvalue weighted by molar-refractivity contribution is -0.142. The van der Waals surface area contributed by atoms with E-state index >= 15 is 0 Å². The molecule has 0 heterocycles. The minimum atomic E-state index is -1.13. The van der Waals surface area contributed by atoms with Crippen molar-refractivity contribution in [1.82, 2.24) is 10.6 Å². The van der Waals surface area contributed by atoms with E-state index in [1.807, 2.05) is 6.26 Å². The number of amides is 2. The van der Waals surface area contributed by atoms with Gasteiger partial charge in [0, 0.05) is 12.3 Å². The summed E-state index contributed by atoms with van der Waals surface area (Å²) in [5.41, 5.74) is 16.1. The van der Waals surface area contributed by atoms with Gasteiger partial charge in [0.15, 0.2) is 5.96 Å². The Morgan fingerprint density at radius 3 is 2.27 bits per heavy atom. The summed E-state index contributed by atoms with van der Waals surface area (Å²) in [6, 6.07) is -2.86. The van der Waals surface area contributed by atoms with E-state index in [0.29, 0.717) is 12.2 Å². The number of nitrogens with two attached hydrogens (primary N) is 3. The molecule has 0 aliphatic carbocycles. The largest absolute Gasteiger partial charge is 0.480 e. The lowest BCUT2D eigenvalue weighted by Gasteiger charge is -2.22. The molecule has 0 unspecified atom stereocenters. The van der Waals surface area contributed by atoms with E-state index in [2.05, 4.69) is 28.3 Å².